The molecule has 258 valence electrons. The lowest BCUT2D eigenvalue weighted by atomic mass is 10.1. The number of ether oxygens (including phenoxy) is 2. The zero-order valence-corrected chi connectivity index (χ0v) is 29.2. The highest BCUT2D eigenvalue weighted by Gasteiger charge is 2.12. The maximum Gasteiger partial charge on any atom is 0.305 e. The van der Waals surface area contributed by atoms with Gasteiger partial charge in [-0.25, -0.2) is 0 Å². The molecule has 0 aromatic heterocycles. The summed E-state index contributed by atoms with van der Waals surface area (Å²) in [4.78, 5) is 23.9. The number of aliphatic hydroxyl groups is 1. The van der Waals surface area contributed by atoms with Crippen LogP contribution in [-0.4, -0.2) is 36.4 Å². The highest BCUT2D eigenvalue weighted by atomic mass is 16.6. The Morgan fingerprint density at radius 3 is 1.05 bits per heavy atom. The van der Waals surface area contributed by atoms with Crippen LogP contribution in [0.2, 0.25) is 0 Å². The van der Waals surface area contributed by atoms with Crippen molar-refractivity contribution in [3.8, 4) is 0 Å². The van der Waals surface area contributed by atoms with Crippen molar-refractivity contribution in [2.75, 3.05) is 13.2 Å². The molecule has 1 atom stereocenters. The van der Waals surface area contributed by atoms with Crippen LogP contribution >= 0.6 is 0 Å². The smallest absolute Gasteiger partial charge is 0.305 e. The monoisotopic (exact) mass is 621 g/mol. The topological polar surface area (TPSA) is 72.8 Å². The molecular weight excluding hydrogens is 548 g/mol. The highest BCUT2D eigenvalue weighted by Crippen LogP contribution is 2.12. The highest BCUT2D eigenvalue weighted by molar-refractivity contribution is 5.69. The van der Waals surface area contributed by atoms with Gasteiger partial charge in [-0.1, -0.05) is 141 Å². The number of rotatable bonds is 34. The van der Waals surface area contributed by atoms with Gasteiger partial charge in [-0.3, -0.25) is 9.59 Å². The molecule has 0 saturated heterocycles. The Labute approximate surface area is 273 Å². The van der Waals surface area contributed by atoms with E-state index in [-0.39, 0.29) is 25.2 Å². The third-order valence-corrected chi connectivity index (χ3v) is 8.16. The lowest BCUT2D eigenvalue weighted by Crippen LogP contribution is -2.25. The Morgan fingerprint density at radius 2 is 0.727 bits per heavy atom. The molecule has 1 N–H and O–H groups in total. The van der Waals surface area contributed by atoms with Crippen LogP contribution in [0.15, 0.2) is 24.3 Å². The van der Waals surface area contributed by atoms with Crippen molar-refractivity contribution in [1.29, 1.82) is 0 Å². The lowest BCUT2D eigenvalue weighted by Gasteiger charge is -2.12. The Bertz CT molecular complexity index is 615. The molecule has 0 saturated carbocycles. The fourth-order valence-electron chi connectivity index (χ4n) is 5.25. The zero-order chi connectivity index (χ0) is 32.2. The third-order valence-electron chi connectivity index (χ3n) is 8.16. The second-order valence-electron chi connectivity index (χ2n) is 12.7. The van der Waals surface area contributed by atoms with Gasteiger partial charge in [0.1, 0.15) is 19.3 Å². The second-order valence-corrected chi connectivity index (χ2v) is 12.7. The van der Waals surface area contributed by atoms with Crippen LogP contribution in [0.1, 0.15) is 194 Å². The molecule has 0 heterocycles. The number of esters is 2. The van der Waals surface area contributed by atoms with E-state index in [9.17, 15) is 14.7 Å². The first-order chi connectivity index (χ1) is 21.6. The van der Waals surface area contributed by atoms with E-state index in [1.807, 2.05) is 0 Å². The van der Waals surface area contributed by atoms with Crippen molar-refractivity contribution < 1.29 is 24.2 Å². The molecule has 0 fully saturated rings. The van der Waals surface area contributed by atoms with Crippen molar-refractivity contribution in [3.63, 3.8) is 0 Å². The van der Waals surface area contributed by atoms with Crippen LogP contribution < -0.4 is 0 Å². The molecule has 44 heavy (non-hydrogen) atoms. The Kier molecular flexibility index (Phi) is 34.5. The molecule has 0 radical (unpaired) electrons. The fraction of sp³-hybridized carbons (Fsp3) is 0.846. The summed E-state index contributed by atoms with van der Waals surface area (Å²) in [5.41, 5.74) is 0. The van der Waals surface area contributed by atoms with E-state index >= 15 is 0 Å². The van der Waals surface area contributed by atoms with Crippen molar-refractivity contribution in [2.45, 2.75) is 200 Å². The number of carbonyl (C=O) groups excluding carboxylic acids is 2. The zero-order valence-electron chi connectivity index (χ0n) is 29.2. The number of hydrogen-bond donors (Lipinski definition) is 1. The van der Waals surface area contributed by atoms with E-state index in [2.05, 4.69) is 38.2 Å². The molecule has 0 aromatic carbocycles. The molecule has 0 aliphatic carbocycles. The van der Waals surface area contributed by atoms with E-state index in [0.717, 1.165) is 51.4 Å². The van der Waals surface area contributed by atoms with Gasteiger partial charge in [-0.05, 0) is 64.2 Å². The van der Waals surface area contributed by atoms with Crippen molar-refractivity contribution in [1.82, 2.24) is 0 Å². The molecular formula is C39H72O5. The lowest BCUT2D eigenvalue weighted by molar-refractivity contribution is -0.152. The summed E-state index contributed by atoms with van der Waals surface area (Å²) in [6.07, 6.45) is 40.8. The standard InChI is InChI=1S/C39H72O5/c1-3-5-7-9-11-13-15-17-19-21-23-25-27-29-31-33-38(41)43-35-37(40)36-44-39(42)34-32-30-28-26-24-22-20-18-16-14-12-10-8-6-4-2/h17-20,37,40H,3-16,21-36H2,1-2H3/b19-17+,20-18?. The number of aliphatic hydroxyl groups excluding tert-OH is 1. The van der Waals surface area contributed by atoms with Gasteiger partial charge in [-0.2, -0.15) is 0 Å². The number of allylic oxidation sites excluding steroid dienone is 4. The first kappa shape index (κ1) is 42.4. The SMILES string of the molecule is CCCCCCCCC=CCCCCCCCC(=O)OCC(O)COC(=O)CCCCCCC/C=C/CCCCCCCC. The third kappa shape index (κ3) is 34.9. The molecule has 0 bridgehead atoms. The maximum absolute atomic E-state index is 11.9. The van der Waals surface area contributed by atoms with E-state index in [0.29, 0.717) is 12.8 Å². The van der Waals surface area contributed by atoms with Crippen LogP contribution in [-0.2, 0) is 19.1 Å². The summed E-state index contributed by atoms with van der Waals surface area (Å²) < 4.78 is 10.3. The summed E-state index contributed by atoms with van der Waals surface area (Å²) in [6, 6.07) is 0. The van der Waals surface area contributed by atoms with E-state index in [1.54, 1.807) is 0 Å². The van der Waals surface area contributed by atoms with Gasteiger partial charge in [0.15, 0.2) is 0 Å². The minimum absolute atomic E-state index is 0.120. The Balaban J connectivity index is 3.45. The predicted octanol–water partition coefficient (Wildman–Crippen LogP) is 11.5. The molecule has 0 rings (SSSR count). The molecule has 1 unspecified atom stereocenters. The molecule has 0 aromatic rings. The normalized spacial score (nSPS) is 12.3. The maximum atomic E-state index is 11.9. The number of hydrogen-bond acceptors (Lipinski definition) is 5. The van der Waals surface area contributed by atoms with Crippen LogP contribution in [0.25, 0.3) is 0 Å². The number of carbonyl (C=O) groups is 2. The van der Waals surface area contributed by atoms with Crippen molar-refractivity contribution in [3.05, 3.63) is 24.3 Å². The first-order valence-electron chi connectivity index (χ1n) is 18.9. The first-order valence-corrected chi connectivity index (χ1v) is 18.9. The summed E-state index contributed by atoms with van der Waals surface area (Å²) in [6.45, 7) is 4.28. The molecule has 5 nitrogen and oxygen atoms in total. The Hall–Kier alpha value is -1.62. The fourth-order valence-corrected chi connectivity index (χ4v) is 5.25. The minimum atomic E-state index is -0.967. The largest absolute Gasteiger partial charge is 0.463 e. The second kappa shape index (κ2) is 35.9. The predicted molar refractivity (Wildman–Crippen MR) is 187 cm³/mol. The van der Waals surface area contributed by atoms with Gasteiger partial charge in [0.25, 0.3) is 0 Å². The minimum Gasteiger partial charge on any atom is -0.463 e. The van der Waals surface area contributed by atoms with E-state index in [1.165, 1.54) is 116 Å². The quantitative estimate of drug-likeness (QED) is 0.0440. The van der Waals surface area contributed by atoms with E-state index in [4.69, 9.17) is 9.47 Å². The summed E-state index contributed by atoms with van der Waals surface area (Å²) >= 11 is 0. The molecule has 5 heteroatoms. The van der Waals surface area contributed by atoms with Gasteiger partial charge in [0.05, 0.1) is 0 Å². The van der Waals surface area contributed by atoms with Crippen LogP contribution in [0.3, 0.4) is 0 Å². The van der Waals surface area contributed by atoms with Gasteiger partial charge in [0, 0.05) is 12.8 Å². The summed E-state index contributed by atoms with van der Waals surface area (Å²) in [5, 5.41) is 9.99. The average molecular weight is 621 g/mol. The van der Waals surface area contributed by atoms with Crippen LogP contribution in [0, 0.1) is 0 Å². The Morgan fingerprint density at radius 1 is 0.455 bits per heavy atom. The summed E-state index contributed by atoms with van der Waals surface area (Å²) in [7, 11) is 0. The van der Waals surface area contributed by atoms with Crippen molar-refractivity contribution in [2.24, 2.45) is 0 Å². The van der Waals surface area contributed by atoms with Crippen LogP contribution in [0.5, 0.6) is 0 Å². The molecule has 0 amide bonds. The van der Waals surface area contributed by atoms with Gasteiger partial charge >= 0.3 is 11.9 Å². The average Bonchev–Trinajstić information content (AvgIpc) is 3.02. The van der Waals surface area contributed by atoms with E-state index < -0.39 is 6.10 Å². The van der Waals surface area contributed by atoms with Crippen molar-refractivity contribution >= 4 is 11.9 Å². The molecule has 0 spiro atoms. The molecule has 0 aliphatic rings. The summed E-state index contributed by atoms with van der Waals surface area (Å²) in [5.74, 6) is -0.581. The van der Waals surface area contributed by atoms with Crippen LogP contribution in [0.4, 0.5) is 0 Å². The van der Waals surface area contributed by atoms with Gasteiger partial charge in [0.2, 0.25) is 0 Å². The van der Waals surface area contributed by atoms with Gasteiger partial charge in [-0.15, -0.1) is 0 Å². The number of unbranched alkanes of at least 4 members (excludes halogenated alkanes) is 22. The van der Waals surface area contributed by atoms with Gasteiger partial charge < -0.3 is 14.6 Å². The molecule has 0 aliphatic heterocycles.